The number of carbonyl (C=O) groups is 1. The number of aromatic amines is 1. The topological polar surface area (TPSA) is 85.7 Å². The first-order valence-corrected chi connectivity index (χ1v) is 9.14. The molecule has 3 heterocycles. The summed E-state index contributed by atoms with van der Waals surface area (Å²) in [5.41, 5.74) is 3.66. The van der Waals surface area contributed by atoms with Crippen molar-refractivity contribution in [2.24, 2.45) is 0 Å². The predicted molar refractivity (Wildman–Crippen MR) is 102 cm³/mol. The van der Waals surface area contributed by atoms with E-state index in [0.29, 0.717) is 24.3 Å². The lowest BCUT2D eigenvalue weighted by Crippen LogP contribution is -2.35. The molecule has 0 fully saturated rings. The number of hydrogen-bond donors (Lipinski definition) is 1. The van der Waals surface area contributed by atoms with E-state index in [1.807, 2.05) is 12.1 Å². The third kappa shape index (κ3) is 3.37. The molecule has 0 atom stereocenters. The zero-order valence-corrected chi connectivity index (χ0v) is 15.2. The van der Waals surface area contributed by atoms with Crippen LogP contribution in [0.2, 0.25) is 0 Å². The van der Waals surface area contributed by atoms with Crippen LogP contribution in [0.4, 0.5) is 10.2 Å². The minimum Gasteiger partial charge on any atom is -0.295 e. The van der Waals surface area contributed by atoms with E-state index in [0.717, 1.165) is 29.7 Å². The van der Waals surface area contributed by atoms with Crippen LogP contribution in [0.3, 0.4) is 0 Å². The van der Waals surface area contributed by atoms with Gasteiger partial charge in [0, 0.05) is 36.5 Å². The highest BCUT2D eigenvalue weighted by molar-refractivity contribution is 5.94. The molecule has 0 aliphatic carbocycles. The molecule has 7 heteroatoms. The van der Waals surface area contributed by atoms with Gasteiger partial charge in [0.2, 0.25) is 5.91 Å². The van der Waals surface area contributed by atoms with Crippen molar-refractivity contribution in [2.45, 2.75) is 25.7 Å². The van der Waals surface area contributed by atoms with Gasteiger partial charge in [0.15, 0.2) is 5.82 Å². The fraction of sp³-hybridized carbons (Fsp3) is 0.238. The molecule has 2 aromatic heterocycles. The minimum absolute atomic E-state index is 0.0101. The molecule has 0 saturated heterocycles. The number of aryl methyl sites for hydroxylation is 1. The van der Waals surface area contributed by atoms with Crippen molar-refractivity contribution in [3.05, 3.63) is 65.2 Å². The standard InChI is InChI=1S/C21H18FN5O/c22-18-12-14(3-5-16(18)13-23)4-6-19(28)27-11-1-2-17-20(25-26-21(17)27)15-7-9-24-10-8-15/h3,5,7-10,12H,1-2,4,6,11H2,(H,25,26). The van der Waals surface area contributed by atoms with E-state index in [-0.39, 0.29) is 17.9 Å². The number of aromatic nitrogens is 3. The Labute approximate surface area is 161 Å². The summed E-state index contributed by atoms with van der Waals surface area (Å²) in [6, 6.07) is 10.1. The maximum absolute atomic E-state index is 13.8. The zero-order valence-electron chi connectivity index (χ0n) is 15.2. The smallest absolute Gasteiger partial charge is 0.228 e. The van der Waals surface area contributed by atoms with Gasteiger partial charge in [-0.1, -0.05) is 6.07 Å². The van der Waals surface area contributed by atoms with E-state index in [9.17, 15) is 9.18 Å². The Hall–Kier alpha value is -3.53. The molecule has 140 valence electrons. The number of anilines is 1. The molecule has 1 N–H and O–H groups in total. The normalized spacial score (nSPS) is 13.1. The minimum atomic E-state index is -0.554. The monoisotopic (exact) mass is 375 g/mol. The number of carbonyl (C=O) groups excluding carboxylic acids is 1. The summed E-state index contributed by atoms with van der Waals surface area (Å²) in [4.78, 5) is 18.5. The molecule has 4 rings (SSSR count). The molecule has 1 aliphatic rings. The van der Waals surface area contributed by atoms with Crippen molar-refractivity contribution in [3.63, 3.8) is 0 Å². The predicted octanol–water partition coefficient (Wildman–Crippen LogP) is 3.39. The number of nitrogens with one attached hydrogen (secondary N) is 1. The summed E-state index contributed by atoms with van der Waals surface area (Å²) in [6.07, 6.45) is 5.84. The summed E-state index contributed by atoms with van der Waals surface area (Å²) in [6.45, 7) is 0.619. The molecule has 0 spiro atoms. The highest BCUT2D eigenvalue weighted by atomic mass is 19.1. The summed E-state index contributed by atoms with van der Waals surface area (Å²) in [5.74, 6) is 0.0783. The molecule has 0 unspecified atom stereocenters. The molecular formula is C21H18FN5O. The molecular weight excluding hydrogens is 357 g/mol. The van der Waals surface area contributed by atoms with E-state index in [2.05, 4.69) is 15.2 Å². The molecule has 0 saturated carbocycles. The van der Waals surface area contributed by atoms with Crippen molar-refractivity contribution in [3.8, 4) is 17.3 Å². The van der Waals surface area contributed by atoms with Crippen molar-refractivity contribution in [2.75, 3.05) is 11.4 Å². The highest BCUT2D eigenvalue weighted by Gasteiger charge is 2.27. The van der Waals surface area contributed by atoms with Gasteiger partial charge in [0.05, 0.1) is 11.3 Å². The molecule has 6 nitrogen and oxygen atoms in total. The van der Waals surface area contributed by atoms with Crippen LogP contribution in [0.5, 0.6) is 0 Å². The average molecular weight is 375 g/mol. The number of rotatable bonds is 4. The second-order valence-corrected chi connectivity index (χ2v) is 6.71. The quantitative estimate of drug-likeness (QED) is 0.757. The number of fused-ring (bicyclic) bond motifs is 1. The van der Waals surface area contributed by atoms with Gasteiger partial charge in [0.1, 0.15) is 11.9 Å². The van der Waals surface area contributed by atoms with Crippen LogP contribution >= 0.6 is 0 Å². The number of H-pyrrole nitrogens is 1. The molecule has 0 radical (unpaired) electrons. The van der Waals surface area contributed by atoms with Crippen molar-refractivity contribution in [1.29, 1.82) is 5.26 Å². The van der Waals surface area contributed by atoms with Gasteiger partial charge >= 0.3 is 0 Å². The second-order valence-electron chi connectivity index (χ2n) is 6.71. The Morgan fingerprint density at radius 3 is 2.86 bits per heavy atom. The lowest BCUT2D eigenvalue weighted by Gasteiger charge is -2.26. The zero-order chi connectivity index (χ0) is 19.5. The SMILES string of the molecule is N#Cc1ccc(CCC(=O)N2CCCc3c2n[nH]c3-c2ccncc2)cc1F. The molecule has 3 aromatic rings. The highest BCUT2D eigenvalue weighted by Crippen LogP contribution is 2.33. The molecule has 0 bridgehead atoms. The fourth-order valence-electron chi connectivity index (χ4n) is 3.53. The summed E-state index contributed by atoms with van der Waals surface area (Å²) in [5, 5.41) is 16.3. The van der Waals surface area contributed by atoms with E-state index in [4.69, 9.17) is 5.26 Å². The lowest BCUT2D eigenvalue weighted by molar-refractivity contribution is -0.118. The number of hydrogen-bond acceptors (Lipinski definition) is 4. The maximum atomic E-state index is 13.8. The fourth-order valence-corrected chi connectivity index (χ4v) is 3.53. The number of pyridine rings is 1. The first-order chi connectivity index (χ1) is 13.7. The third-order valence-corrected chi connectivity index (χ3v) is 4.96. The Kier molecular flexibility index (Phi) is 4.85. The van der Waals surface area contributed by atoms with Crippen molar-refractivity contribution in [1.82, 2.24) is 15.2 Å². The number of halogens is 1. The lowest BCUT2D eigenvalue weighted by atomic mass is 10.0. The first kappa shape index (κ1) is 17.9. The summed E-state index contributed by atoms with van der Waals surface area (Å²) in [7, 11) is 0. The Bertz CT molecular complexity index is 1050. The number of nitriles is 1. The van der Waals surface area contributed by atoms with Crippen LogP contribution in [-0.2, 0) is 17.6 Å². The molecule has 1 aromatic carbocycles. The summed E-state index contributed by atoms with van der Waals surface area (Å²) >= 11 is 0. The number of amides is 1. The van der Waals surface area contributed by atoms with Crippen LogP contribution in [0.15, 0.2) is 42.7 Å². The van der Waals surface area contributed by atoms with Crippen LogP contribution in [0, 0.1) is 17.1 Å². The summed E-state index contributed by atoms with van der Waals surface area (Å²) < 4.78 is 13.8. The molecule has 1 amide bonds. The van der Waals surface area contributed by atoms with Crippen LogP contribution in [-0.4, -0.2) is 27.6 Å². The van der Waals surface area contributed by atoms with E-state index in [1.165, 1.54) is 12.1 Å². The molecule has 28 heavy (non-hydrogen) atoms. The number of nitrogens with zero attached hydrogens (tertiary/aromatic N) is 4. The first-order valence-electron chi connectivity index (χ1n) is 9.14. The van der Waals surface area contributed by atoms with Crippen LogP contribution < -0.4 is 4.90 Å². The largest absolute Gasteiger partial charge is 0.295 e. The average Bonchev–Trinajstić information content (AvgIpc) is 3.17. The van der Waals surface area contributed by atoms with Crippen molar-refractivity contribution < 1.29 is 9.18 Å². The maximum Gasteiger partial charge on any atom is 0.228 e. The van der Waals surface area contributed by atoms with Crippen LogP contribution in [0.1, 0.15) is 29.5 Å². The number of benzene rings is 1. The molecule has 1 aliphatic heterocycles. The van der Waals surface area contributed by atoms with E-state index in [1.54, 1.807) is 29.4 Å². The second kappa shape index (κ2) is 7.61. The Morgan fingerprint density at radius 1 is 1.29 bits per heavy atom. The van der Waals surface area contributed by atoms with Gasteiger partial charge in [-0.2, -0.15) is 10.4 Å². The van der Waals surface area contributed by atoms with Gasteiger partial charge < -0.3 is 0 Å². The van der Waals surface area contributed by atoms with Gasteiger partial charge in [0.25, 0.3) is 0 Å². The van der Waals surface area contributed by atoms with E-state index >= 15 is 0 Å². The van der Waals surface area contributed by atoms with Gasteiger partial charge in [-0.15, -0.1) is 0 Å². The van der Waals surface area contributed by atoms with E-state index < -0.39 is 5.82 Å². The van der Waals surface area contributed by atoms with Gasteiger partial charge in [-0.05, 0) is 49.1 Å². The van der Waals surface area contributed by atoms with Crippen LogP contribution in [0.25, 0.3) is 11.3 Å². The van der Waals surface area contributed by atoms with Crippen molar-refractivity contribution >= 4 is 11.7 Å². The van der Waals surface area contributed by atoms with Gasteiger partial charge in [-0.3, -0.25) is 19.8 Å². The Morgan fingerprint density at radius 2 is 2.11 bits per heavy atom. The Balaban J connectivity index is 1.50. The van der Waals surface area contributed by atoms with Gasteiger partial charge in [-0.25, -0.2) is 4.39 Å². The third-order valence-electron chi connectivity index (χ3n) is 4.96.